The number of rotatable bonds is 4. The number of nitriles is 1. The Balaban J connectivity index is 1.34. The fourth-order valence-electron chi connectivity index (χ4n) is 5.15. The zero-order valence-corrected chi connectivity index (χ0v) is 18.5. The summed E-state index contributed by atoms with van der Waals surface area (Å²) in [6.45, 7) is 0.259. The second-order valence-electron chi connectivity index (χ2n) is 9.09. The standard InChI is InChI=1S/C25H24F2N4O3/c26-25(27,22-9-6-16(12-28)13-29-22)34-20-8-7-17-11-21-24(33)30(19-4-2-1-3-5-19)15-23(32)31(21)14-18(17)10-20/h6-10,13,19,21H,1-5,11,14-15H2/t21-/m1/s1. The Kier molecular flexibility index (Phi) is 5.68. The molecule has 3 heterocycles. The van der Waals surface area contributed by atoms with Crippen molar-refractivity contribution in [3.63, 3.8) is 0 Å². The molecule has 1 aliphatic carbocycles. The first-order valence-corrected chi connectivity index (χ1v) is 11.5. The van der Waals surface area contributed by atoms with Crippen LogP contribution >= 0.6 is 0 Å². The summed E-state index contributed by atoms with van der Waals surface area (Å²) in [5.74, 6) is -0.192. The van der Waals surface area contributed by atoms with E-state index in [1.807, 2.05) is 6.07 Å². The number of nitrogens with zero attached hydrogens (tertiary/aromatic N) is 4. The average Bonchev–Trinajstić information content (AvgIpc) is 2.85. The van der Waals surface area contributed by atoms with Crippen molar-refractivity contribution in [3.8, 4) is 11.8 Å². The minimum atomic E-state index is -3.70. The zero-order valence-electron chi connectivity index (χ0n) is 18.5. The second kappa shape index (κ2) is 8.67. The fourth-order valence-corrected chi connectivity index (χ4v) is 5.15. The smallest absolute Gasteiger partial charge is 0.428 e. The summed E-state index contributed by atoms with van der Waals surface area (Å²) in [5.41, 5.74) is 1.10. The highest BCUT2D eigenvalue weighted by Gasteiger charge is 2.44. The van der Waals surface area contributed by atoms with Gasteiger partial charge in [-0.1, -0.05) is 25.3 Å². The van der Waals surface area contributed by atoms with E-state index in [4.69, 9.17) is 10.00 Å². The number of aromatic nitrogens is 1. The number of ether oxygens (including phenoxy) is 1. The molecule has 2 amide bonds. The first-order valence-electron chi connectivity index (χ1n) is 11.5. The molecule has 3 aliphatic rings. The van der Waals surface area contributed by atoms with Gasteiger partial charge in [0.25, 0.3) is 0 Å². The number of hydrogen-bond donors (Lipinski definition) is 0. The van der Waals surface area contributed by atoms with Crippen molar-refractivity contribution in [2.24, 2.45) is 0 Å². The molecule has 176 valence electrons. The summed E-state index contributed by atoms with van der Waals surface area (Å²) < 4.78 is 34.2. The van der Waals surface area contributed by atoms with Gasteiger partial charge in [-0.15, -0.1) is 0 Å². The van der Waals surface area contributed by atoms with E-state index in [0.717, 1.165) is 43.5 Å². The predicted octanol–water partition coefficient (Wildman–Crippen LogP) is 3.51. The van der Waals surface area contributed by atoms with Crippen molar-refractivity contribution in [2.45, 2.75) is 63.3 Å². The number of amides is 2. The lowest BCUT2D eigenvalue weighted by molar-refractivity contribution is -0.188. The van der Waals surface area contributed by atoms with E-state index in [0.29, 0.717) is 12.0 Å². The van der Waals surface area contributed by atoms with Gasteiger partial charge in [-0.2, -0.15) is 14.0 Å². The highest BCUT2D eigenvalue weighted by atomic mass is 19.3. The Morgan fingerprint density at radius 2 is 1.82 bits per heavy atom. The van der Waals surface area contributed by atoms with Gasteiger partial charge in [0, 0.05) is 25.2 Å². The van der Waals surface area contributed by atoms with E-state index in [-0.39, 0.29) is 42.3 Å². The molecule has 0 radical (unpaired) electrons. The molecule has 9 heteroatoms. The van der Waals surface area contributed by atoms with Crippen LogP contribution in [-0.4, -0.2) is 45.2 Å². The Bertz CT molecular complexity index is 1160. The Hall–Kier alpha value is -3.54. The van der Waals surface area contributed by atoms with Crippen LogP contribution in [0, 0.1) is 11.3 Å². The molecular formula is C25H24F2N4O3. The number of fused-ring (bicyclic) bond motifs is 2. The molecule has 1 aromatic carbocycles. The van der Waals surface area contributed by atoms with Gasteiger partial charge in [0.1, 0.15) is 24.4 Å². The third kappa shape index (κ3) is 4.09. The molecule has 5 rings (SSSR count). The van der Waals surface area contributed by atoms with Gasteiger partial charge in [0.2, 0.25) is 11.8 Å². The molecular weight excluding hydrogens is 442 g/mol. The lowest BCUT2D eigenvalue weighted by Crippen LogP contribution is -2.63. The molecule has 1 atom stereocenters. The van der Waals surface area contributed by atoms with E-state index < -0.39 is 17.8 Å². The molecule has 0 spiro atoms. The minimum absolute atomic E-state index is 0.0177. The van der Waals surface area contributed by atoms with E-state index in [9.17, 15) is 18.4 Å². The summed E-state index contributed by atoms with van der Waals surface area (Å²) in [4.78, 5) is 33.1. The van der Waals surface area contributed by atoms with Crippen LogP contribution in [0.25, 0.3) is 0 Å². The van der Waals surface area contributed by atoms with Gasteiger partial charge in [-0.3, -0.25) is 9.59 Å². The van der Waals surface area contributed by atoms with Gasteiger partial charge in [0.15, 0.2) is 5.69 Å². The maximum absolute atomic E-state index is 14.6. The van der Waals surface area contributed by atoms with Gasteiger partial charge in [-0.25, -0.2) is 4.98 Å². The topological polar surface area (TPSA) is 86.5 Å². The summed E-state index contributed by atoms with van der Waals surface area (Å²) in [6.07, 6.45) is 2.91. The normalized spacial score (nSPS) is 21.0. The predicted molar refractivity (Wildman–Crippen MR) is 117 cm³/mol. The molecule has 0 bridgehead atoms. The van der Waals surface area contributed by atoms with Crippen molar-refractivity contribution in [1.29, 1.82) is 5.26 Å². The van der Waals surface area contributed by atoms with Gasteiger partial charge in [0.05, 0.1) is 5.56 Å². The average molecular weight is 466 g/mol. The summed E-state index contributed by atoms with van der Waals surface area (Å²) in [7, 11) is 0. The van der Waals surface area contributed by atoms with E-state index in [2.05, 4.69) is 4.98 Å². The number of alkyl halides is 2. The summed E-state index contributed by atoms with van der Waals surface area (Å²) in [6, 6.07) is 8.34. The molecule has 1 aromatic heterocycles. The summed E-state index contributed by atoms with van der Waals surface area (Å²) >= 11 is 0. The van der Waals surface area contributed by atoms with Crippen LogP contribution in [0.2, 0.25) is 0 Å². The van der Waals surface area contributed by atoms with Gasteiger partial charge >= 0.3 is 6.11 Å². The second-order valence-corrected chi connectivity index (χ2v) is 9.09. The maximum Gasteiger partial charge on any atom is 0.444 e. The number of benzene rings is 1. The first-order chi connectivity index (χ1) is 16.4. The Morgan fingerprint density at radius 3 is 2.53 bits per heavy atom. The van der Waals surface area contributed by atoms with Crippen molar-refractivity contribution < 1.29 is 23.1 Å². The van der Waals surface area contributed by atoms with Crippen molar-refractivity contribution in [3.05, 3.63) is 58.9 Å². The van der Waals surface area contributed by atoms with Crippen LogP contribution in [0.4, 0.5) is 8.78 Å². The van der Waals surface area contributed by atoms with Crippen LogP contribution in [-0.2, 0) is 28.7 Å². The van der Waals surface area contributed by atoms with Crippen LogP contribution < -0.4 is 4.74 Å². The zero-order chi connectivity index (χ0) is 23.9. The number of pyridine rings is 1. The van der Waals surface area contributed by atoms with Gasteiger partial charge in [-0.05, 0) is 48.2 Å². The minimum Gasteiger partial charge on any atom is -0.428 e. The fraction of sp³-hybridized carbons (Fsp3) is 0.440. The quantitative estimate of drug-likeness (QED) is 0.688. The summed E-state index contributed by atoms with van der Waals surface area (Å²) in [5, 5.41) is 8.82. The number of carbonyl (C=O) groups excluding carboxylic acids is 2. The van der Waals surface area contributed by atoms with E-state index in [1.54, 1.807) is 15.9 Å². The third-order valence-electron chi connectivity index (χ3n) is 6.95. The SMILES string of the molecule is N#Cc1ccc(C(F)(F)Oc2ccc3c(c2)CN2C(=O)CN(C4CCCCC4)C(=O)[C@H]2C3)nc1. The van der Waals surface area contributed by atoms with Crippen LogP contribution in [0.15, 0.2) is 36.5 Å². The molecule has 0 unspecified atom stereocenters. The molecule has 2 aromatic rings. The Labute approximate surface area is 195 Å². The molecule has 0 N–H and O–H groups in total. The van der Waals surface area contributed by atoms with Crippen LogP contribution in [0.3, 0.4) is 0 Å². The molecule has 1 saturated heterocycles. The molecule has 34 heavy (non-hydrogen) atoms. The number of hydrogen-bond acceptors (Lipinski definition) is 5. The van der Waals surface area contributed by atoms with Gasteiger partial charge < -0.3 is 14.5 Å². The lowest BCUT2D eigenvalue weighted by Gasteiger charge is -2.46. The van der Waals surface area contributed by atoms with Crippen LogP contribution in [0.5, 0.6) is 5.75 Å². The number of piperazine rings is 1. The molecule has 1 saturated carbocycles. The first kappa shape index (κ1) is 22.3. The largest absolute Gasteiger partial charge is 0.444 e. The molecule has 2 aliphatic heterocycles. The highest BCUT2D eigenvalue weighted by Crippen LogP contribution is 2.35. The Morgan fingerprint density at radius 1 is 1.03 bits per heavy atom. The van der Waals surface area contributed by atoms with Crippen LogP contribution in [0.1, 0.15) is 54.5 Å². The maximum atomic E-state index is 14.6. The molecule has 7 nitrogen and oxygen atoms in total. The van der Waals surface area contributed by atoms with Crippen molar-refractivity contribution in [2.75, 3.05) is 6.54 Å². The van der Waals surface area contributed by atoms with E-state index >= 15 is 0 Å². The van der Waals surface area contributed by atoms with Crippen molar-refractivity contribution >= 4 is 11.8 Å². The van der Waals surface area contributed by atoms with E-state index in [1.165, 1.54) is 24.6 Å². The number of carbonyl (C=O) groups is 2. The third-order valence-corrected chi connectivity index (χ3v) is 6.95. The van der Waals surface area contributed by atoms with Crippen molar-refractivity contribution in [1.82, 2.24) is 14.8 Å². The monoisotopic (exact) mass is 466 g/mol. The number of halogens is 2. The highest BCUT2D eigenvalue weighted by molar-refractivity contribution is 5.95. The molecule has 2 fully saturated rings. The lowest BCUT2D eigenvalue weighted by atomic mass is 9.88.